The minimum absolute atomic E-state index is 0.0237. The zero-order valence-corrected chi connectivity index (χ0v) is 35.3. The third-order valence-corrected chi connectivity index (χ3v) is 11.5. The van der Waals surface area contributed by atoms with Crippen LogP contribution in [0.2, 0.25) is 10.0 Å². The fraction of sp³-hybridized carbons (Fsp3) is 0.255. The zero-order valence-electron chi connectivity index (χ0n) is 33.8. The summed E-state index contributed by atoms with van der Waals surface area (Å²) in [7, 11) is 0. The Bertz CT molecular complexity index is 2630. The number of carboxylic acid groups (broad SMARTS) is 1. The number of halogens is 2. The van der Waals surface area contributed by atoms with Crippen molar-refractivity contribution >= 4 is 41.0 Å². The largest absolute Gasteiger partial charge is 0.489 e. The van der Waals surface area contributed by atoms with Gasteiger partial charge in [-0.1, -0.05) is 59.6 Å². The lowest BCUT2D eigenvalue weighted by molar-refractivity contribution is -0.142. The molecule has 0 spiro atoms. The predicted octanol–water partition coefficient (Wildman–Crippen LogP) is 8.75. The van der Waals surface area contributed by atoms with Crippen molar-refractivity contribution in [2.24, 2.45) is 0 Å². The van der Waals surface area contributed by atoms with Gasteiger partial charge in [0.25, 0.3) is 5.91 Å². The van der Waals surface area contributed by atoms with Gasteiger partial charge in [-0.25, -0.2) is 9.78 Å². The molecule has 14 heteroatoms. The van der Waals surface area contributed by atoms with Crippen LogP contribution >= 0.6 is 23.2 Å². The number of pyridine rings is 1. The standard InChI is InChI=1S/C47H42Cl2N4O8/c1-25-26(2)50-14-13-38(25)31-7-5-29(6-8-31)17-39(47(56)57)52-45(54)40-18-33-19-41-42(20-34(33)22-53(40)46(55)44-27(3)60-28(4)51-44)61-43(24-59-41)32-9-11-37(12-10-32)58-23-30-15-35(48)21-36(49)16-30/h5-16,19-21,39-40,43H,17-18,22-24H2,1-4H3,(H,52,54)(H,56,57). The summed E-state index contributed by atoms with van der Waals surface area (Å²) in [5, 5.41) is 14.1. The van der Waals surface area contributed by atoms with Crippen LogP contribution in [-0.4, -0.2) is 56.4 Å². The summed E-state index contributed by atoms with van der Waals surface area (Å²) in [5.74, 6) is -0.0606. The van der Waals surface area contributed by atoms with Gasteiger partial charge in [0.2, 0.25) is 5.91 Å². The quantitative estimate of drug-likeness (QED) is 0.129. The Hall–Kier alpha value is -6.37. The Morgan fingerprint density at radius 3 is 2.31 bits per heavy atom. The summed E-state index contributed by atoms with van der Waals surface area (Å²) < 4.78 is 24.2. The average molecular weight is 862 g/mol. The number of hydrogen-bond acceptors (Lipinski definition) is 9. The molecule has 4 aromatic carbocycles. The molecule has 312 valence electrons. The molecule has 2 N–H and O–H groups in total. The molecular formula is C47H42Cl2N4O8. The van der Waals surface area contributed by atoms with E-state index in [1.54, 1.807) is 38.2 Å². The SMILES string of the molecule is Cc1nc(C(=O)N2Cc3cc4c(cc3CC2C(=O)NC(Cc2ccc(-c3ccnc(C)c3C)cc2)C(=O)O)OCC(c2ccc(OCc3cc(Cl)cc(Cl)c3)cc2)O4)c(C)o1. The van der Waals surface area contributed by atoms with Crippen molar-refractivity contribution in [1.82, 2.24) is 20.2 Å². The molecule has 12 nitrogen and oxygen atoms in total. The number of carbonyl (C=O) groups excluding carboxylic acids is 2. The van der Waals surface area contributed by atoms with Crippen LogP contribution in [0.4, 0.5) is 0 Å². The molecule has 0 saturated heterocycles. The second-order valence-electron chi connectivity index (χ2n) is 15.3. The number of oxazole rings is 1. The maximum Gasteiger partial charge on any atom is 0.326 e. The van der Waals surface area contributed by atoms with E-state index in [1.165, 1.54) is 4.90 Å². The van der Waals surface area contributed by atoms with E-state index in [1.807, 2.05) is 80.6 Å². The summed E-state index contributed by atoms with van der Waals surface area (Å²) in [6.45, 7) is 7.79. The summed E-state index contributed by atoms with van der Waals surface area (Å²) in [6.07, 6.45) is 1.45. The third-order valence-electron chi connectivity index (χ3n) is 11.1. The number of benzene rings is 4. The van der Waals surface area contributed by atoms with Gasteiger partial charge in [0.15, 0.2) is 29.2 Å². The number of aromatic nitrogens is 2. The van der Waals surface area contributed by atoms with E-state index < -0.39 is 36.0 Å². The van der Waals surface area contributed by atoms with Crippen LogP contribution in [-0.2, 0) is 35.6 Å². The number of carboxylic acids is 1. The van der Waals surface area contributed by atoms with Gasteiger partial charge in [0.1, 0.15) is 36.8 Å². The number of carbonyl (C=O) groups is 3. The van der Waals surface area contributed by atoms with E-state index in [0.29, 0.717) is 45.6 Å². The molecule has 61 heavy (non-hydrogen) atoms. The van der Waals surface area contributed by atoms with Crippen molar-refractivity contribution in [3.63, 3.8) is 0 Å². The van der Waals surface area contributed by atoms with Crippen LogP contribution in [0.5, 0.6) is 17.2 Å². The van der Waals surface area contributed by atoms with Gasteiger partial charge in [-0.3, -0.25) is 14.6 Å². The third kappa shape index (κ3) is 9.06. The highest BCUT2D eigenvalue weighted by molar-refractivity contribution is 6.34. The second-order valence-corrected chi connectivity index (χ2v) is 16.2. The molecule has 2 amide bonds. The van der Waals surface area contributed by atoms with Crippen molar-refractivity contribution in [1.29, 1.82) is 0 Å². The second kappa shape index (κ2) is 17.3. The van der Waals surface area contributed by atoms with Crippen molar-refractivity contribution in [3.05, 3.63) is 158 Å². The number of nitrogens with zero attached hydrogens (tertiary/aromatic N) is 3. The zero-order chi connectivity index (χ0) is 42.9. The van der Waals surface area contributed by atoms with Gasteiger partial charge in [0, 0.05) is 48.2 Å². The van der Waals surface area contributed by atoms with E-state index in [-0.39, 0.29) is 31.7 Å². The number of aryl methyl sites for hydroxylation is 3. The van der Waals surface area contributed by atoms with E-state index >= 15 is 0 Å². The molecule has 4 heterocycles. The molecule has 2 aliphatic rings. The smallest absolute Gasteiger partial charge is 0.326 e. The molecule has 0 saturated carbocycles. The minimum Gasteiger partial charge on any atom is -0.489 e. The molecule has 8 rings (SSSR count). The molecule has 2 aliphatic heterocycles. The first-order valence-corrected chi connectivity index (χ1v) is 20.5. The molecule has 3 atom stereocenters. The van der Waals surface area contributed by atoms with Crippen LogP contribution in [0, 0.1) is 27.7 Å². The number of rotatable bonds is 11. The molecular weight excluding hydrogens is 819 g/mol. The summed E-state index contributed by atoms with van der Waals surface area (Å²) in [6, 6.07) is 23.6. The highest BCUT2D eigenvalue weighted by Crippen LogP contribution is 2.41. The Labute approximate surface area is 362 Å². The Balaban J connectivity index is 0.994. The van der Waals surface area contributed by atoms with Gasteiger partial charge < -0.3 is 34.0 Å². The number of amides is 2. The van der Waals surface area contributed by atoms with Crippen molar-refractivity contribution < 1.29 is 38.1 Å². The van der Waals surface area contributed by atoms with Crippen LogP contribution in [0.15, 0.2) is 95.5 Å². The predicted molar refractivity (Wildman–Crippen MR) is 228 cm³/mol. The highest BCUT2D eigenvalue weighted by atomic mass is 35.5. The van der Waals surface area contributed by atoms with Gasteiger partial charge in [-0.15, -0.1) is 0 Å². The first kappa shape index (κ1) is 41.4. The normalized spacial score (nSPS) is 16.1. The van der Waals surface area contributed by atoms with Crippen LogP contribution in [0.1, 0.15) is 67.3 Å². The van der Waals surface area contributed by atoms with Crippen molar-refractivity contribution in [2.45, 2.75) is 71.9 Å². The number of aliphatic carboxylic acids is 1. The summed E-state index contributed by atoms with van der Waals surface area (Å²) in [4.78, 5) is 51.1. The molecule has 0 fully saturated rings. The number of ether oxygens (including phenoxy) is 3. The number of hydrogen-bond donors (Lipinski definition) is 2. The Morgan fingerprint density at radius 2 is 1.62 bits per heavy atom. The van der Waals surface area contributed by atoms with Crippen LogP contribution < -0.4 is 19.5 Å². The first-order valence-electron chi connectivity index (χ1n) is 19.7. The minimum atomic E-state index is -1.27. The first-order chi connectivity index (χ1) is 29.3. The Kier molecular flexibility index (Phi) is 11.7. The maximum absolute atomic E-state index is 14.2. The van der Waals surface area contributed by atoms with Crippen LogP contribution in [0.3, 0.4) is 0 Å². The van der Waals surface area contributed by atoms with Gasteiger partial charge in [-0.05, 0) is 114 Å². The van der Waals surface area contributed by atoms with Gasteiger partial charge >= 0.3 is 5.97 Å². The lowest BCUT2D eigenvalue weighted by Crippen LogP contribution is -2.56. The fourth-order valence-electron chi connectivity index (χ4n) is 7.74. The number of fused-ring (bicyclic) bond motifs is 2. The Morgan fingerprint density at radius 1 is 0.902 bits per heavy atom. The highest BCUT2D eigenvalue weighted by Gasteiger charge is 2.39. The maximum atomic E-state index is 14.2. The fourth-order valence-corrected chi connectivity index (χ4v) is 8.31. The molecule has 0 aliphatic carbocycles. The van der Waals surface area contributed by atoms with Gasteiger partial charge in [0.05, 0.1) is 0 Å². The van der Waals surface area contributed by atoms with E-state index in [9.17, 15) is 19.5 Å². The average Bonchev–Trinajstić information content (AvgIpc) is 3.59. The van der Waals surface area contributed by atoms with Crippen molar-refractivity contribution in [2.75, 3.05) is 6.61 Å². The molecule has 2 aromatic heterocycles. The number of nitrogens with one attached hydrogen (secondary N) is 1. The molecule has 0 radical (unpaired) electrons. The molecule has 0 bridgehead atoms. The molecule has 6 aromatic rings. The van der Waals surface area contributed by atoms with Crippen LogP contribution in [0.25, 0.3) is 11.1 Å². The van der Waals surface area contributed by atoms with E-state index in [0.717, 1.165) is 50.2 Å². The van der Waals surface area contributed by atoms with Crippen molar-refractivity contribution in [3.8, 4) is 28.4 Å². The topological polar surface area (TPSA) is 153 Å². The van der Waals surface area contributed by atoms with Gasteiger partial charge in [-0.2, -0.15) is 0 Å². The summed E-state index contributed by atoms with van der Waals surface area (Å²) in [5.41, 5.74) is 8.03. The molecule has 3 unspecified atom stereocenters. The summed E-state index contributed by atoms with van der Waals surface area (Å²) >= 11 is 12.3. The van der Waals surface area contributed by atoms with E-state index in [2.05, 4.69) is 15.3 Å². The lowest BCUT2D eigenvalue weighted by Gasteiger charge is -2.37. The monoisotopic (exact) mass is 860 g/mol. The van der Waals surface area contributed by atoms with E-state index in [4.69, 9.17) is 41.8 Å². The lowest BCUT2D eigenvalue weighted by atomic mass is 9.91.